The maximum absolute atomic E-state index is 5.60. The van der Waals surface area contributed by atoms with Gasteiger partial charge in [-0.2, -0.15) is 0 Å². The van der Waals surface area contributed by atoms with Crippen molar-refractivity contribution >= 4 is 0 Å². The molecule has 0 radical (unpaired) electrons. The average molecular weight is 266 g/mol. The number of hydrogen-bond acceptors (Lipinski definition) is 4. The molecule has 1 atom stereocenters. The Hall–Kier alpha value is -0.910. The molecule has 0 amide bonds. The molecule has 0 saturated carbocycles. The van der Waals surface area contributed by atoms with Gasteiger partial charge in [0, 0.05) is 50.7 Å². The predicted molar refractivity (Wildman–Crippen MR) is 76.3 cm³/mol. The average Bonchev–Trinajstić information content (AvgIpc) is 2.80. The van der Waals surface area contributed by atoms with E-state index in [1.165, 1.54) is 0 Å². The van der Waals surface area contributed by atoms with E-state index in [2.05, 4.69) is 46.7 Å². The van der Waals surface area contributed by atoms with Crippen LogP contribution in [0.2, 0.25) is 0 Å². The van der Waals surface area contributed by atoms with Gasteiger partial charge in [-0.3, -0.25) is 4.90 Å². The summed E-state index contributed by atoms with van der Waals surface area (Å²) in [5, 5.41) is 3.51. The van der Waals surface area contributed by atoms with Gasteiger partial charge in [-0.15, -0.1) is 0 Å². The lowest BCUT2D eigenvalue weighted by Gasteiger charge is -2.36. The summed E-state index contributed by atoms with van der Waals surface area (Å²) in [7, 11) is 0. The number of nitrogens with zero attached hydrogens (tertiary/aromatic N) is 3. The predicted octanol–water partition coefficient (Wildman–Crippen LogP) is 0.890. The van der Waals surface area contributed by atoms with Crippen molar-refractivity contribution in [3.05, 3.63) is 18.2 Å². The first-order valence-electron chi connectivity index (χ1n) is 7.19. The highest BCUT2D eigenvalue weighted by Crippen LogP contribution is 2.07. The molecular formula is C14H26N4O. The van der Waals surface area contributed by atoms with Gasteiger partial charge in [-0.25, -0.2) is 4.98 Å². The van der Waals surface area contributed by atoms with E-state index < -0.39 is 0 Å². The Balaban J connectivity index is 1.83. The second kappa shape index (κ2) is 7.03. The Morgan fingerprint density at radius 3 is 3.00 bits per heavy atom. The first-order chi connectivity index (χ1) is 9.16. The van der Waals surface area contributed by atoms with Crippen molar-refractivity contribution in [3.8, 4) is 0 Å². The molecular weight excluding hydrogens is 240 g/mol. The molecule has 1 aromatic rings. The lowest BCUT2D eigenvalue weighted by molar-refractivity contribution is -0.00874. The summed E-state index contributed by atoms with van der Waals surface area (Å²) in [6, 6.07) is 1.01. The number of nitrogens with one attached hydrogen (secondary N) is 1. The van der Waals surface area contributed by atoms with E-state index in [4.69, 9.17) is 4.74 Å². The van der Waals surface area contributed by atoms with Crippen LogP contribution in [0.15, 0.2) is 12.4 Å². The summed E-state index contributed by atoms with van der Waals surface area (Å²) in [6.07, 6.45) is 3.92. The summed E-state index contributed by atoms with van der Waals surface area (Å²) in [5.41, 5.74) is 0. The fourth-order valence-electron chi connectivity index (χ4n) is 2.42. The molecule has 0 bridgehead atoms. The molecule has 1 aliphatic heterocycles. The first kappa shape index (κ1) is 14.5. The van der Waals surface area contributed by atoms with Crippen molar-refractivity contribution in [2.24, 2.45) is 0 Å². The van der Waals surface area contributed by atoms with E-state index in [0.717, 1.165) is 45.2 Å². The highest BCUT2D eigenvalue weighted by Gasteiger charge is 2.22. The van der Waals surface area contributed by atoms with Gasteiger partial charge >= 0.3 is 0 Å². The van der Waals surface area contributed by atoms with Crippen LogP contribution in [0.3, 0.4) is 0 Å². The molecule has 0 aromatic carbocycles. The third-order valence-corrected chi connectivity index (χ3v) is 3.66. The molecule has 1 unspecified atom stereocenters. The molecule has 5 nitrogen and oxygen atoms in total. The minimum atomic E-state index is 0.486. The molecule has 1 N–H and O–H groups in total. The minimum absolute atomic E-state index is 0.486. The zero-order valence-electron chi connectivity index (χ0n) is 12.3. The van der Waals surface area contributed by atoms with Gasteiger partial charge in [0.25, 0.3) is 0 Å². The second-order valence-corrected chi connectivity index (χ2v) is 5.50. The smallest absolute Gasteiger partial charge is 0.105 e. The van der Waals surface area contributed by atoms with Gasteiger partial charge in [0.1, 0.15) is 5.82 Å². The summed E-state index contributed by atoms with van der Waals surface area (Å²) >= 11 is 0. The topological polar surface area (TPSA) is 42.3 Å². The number of imidazole rings is 1. The third kappa shape index (κ3) is 4.30. The normalized spacial score (nSPS) is 21.2. The molecule has 0 spiro atoms. The van der Waals surface area contributed by atoms with Crippen molar-refractivity contribution in [2.75, 3.05) is 32.8 Å². The van der Waals surface area contributed by atoms with Crippen LogP contribution in [0.1, 0.15) is 19.7 Å². The van der Waals surface area contributed by atoms with Crippen molar-refractivity contribution in [2.45, 2.75) is 39.4 Å². The molecule has 5 heteroatoms. The van der Waals surface area contributed by atoms with Crippen LogP contribution in [0, 0.1) is 6.92 Å². The van der Waals surface area contributed by atoms with Crippen LogP contribution in [0.25, 0.3) is 0 Å². The summed E-state index contributed by atoms with van der Waals surface area (Å²) in [4.78, 5) is 6.79. The summed E-state index contributed by atoms with van der Waals surface area (Å²) < 4.78 is 7.82. The molecule has 1 saturated heterocycles. The van der Waals surface area contributed by atoms with Crippen LogP contribution in [-0.4, -0.2) is 59.4 Å². The van der Waals surface area contributed by atoms with Crippen molar-refractivity contribution in [1.82, 2.24) is 19.8 Å². The molecule has 1 aliphatic rings. The molecule has 2 rings (SSSR count). The first-order valence-corrected chi connectivity index (χ1v) is 7.19. The summed E-state index contributed by atoms with van der Waals surface area (Å²) in [6.45, 7) is 12.2. The Morgan fingerprint density at radius 2 is 2.32 bits per heavy atom. The largest absolute Gasteiger partial charge is 0.378 e. The van der Waals surface area contributed by atoms with Crippen LogP contribution in [0.4, 0.5) is 0 Å². The number of rotatable bonds is 6. The van der Waals surface area contributed by atoms with E-state index in [-0.39, 0.29) is 0 Å². The number of ether oxygens (including phenoxy) is 1. The highest BCUT2D eigenvalue weighted by molar-refractivity contribution is 4.89. The number of aryl methyl sites for hydroxylation is 1. The Kier molecular flexibility index (Phi) is 5.36. The fraction of sp³-hybridized carbons (Fsp3) is 0.786. The minimum Gasteiger partial charge on any atom is -0.378 e. The van der Waals surface area contributed by atoms with Gasteiger partial charge in [-0.05, 0) is 6.92 Å². The lowest BCUT2D eigenvalue weighted by atomic mass is 10.2. The van der Waals surface area contributed by atoms with E-state index in [1.807, 2.05) is 6.20 Å². The van der Waals surface area contributed by atoms with Gasteiger partial charge in [0.15, 0.2) is 0 Å². The Labute approximate surface area is 116 Å². The van der Waals surface area contributed by atoms with E-state index in [1.54, 1.807) is 0 Å². The van der Waals surface area contributed by atoms with Crippen LogP contribution < -0.4 is 5.32 Å². The number of hydrogen-bond donors (Lipinski definition) is 1. The van der Waals surface area contributed by atoms with Crippen molar-refractivity contribution in [3.63, 3.8) is 0 Å². The second-order valence-electron chi connectivity index (χ2n) is 5.50. The van der Waals surface area contributed by atoms with Crippen molar-refractivity contribution in [1.29, 1.82) is 0 Å². The van der Waals surface area contributed by atoms with Gasteiger partial charge < -0.3 is 14.6 Å². The van der Waals surface area contributed by atoms with E-state index >= 15 is 0 Å². The summed E-state index contributed by atoms with van der Waals surface area (Å²) in [5.74, 6) is 1.09. The maximum atomic E-state index is 5.60. The van der Waals surface area contributed by atoms with Crippen LogP contribution in [0.5, 0.6) is 0 Å². The molecule has 2 heterocycles. The SMILES string of the molecule is Cc1nccn1CCN1CCOCC1CNC(C)C. The Bertz CT molecular complexity index is 377. The number of aromatic nitrogens is 2. The zero-order valence-corrected chi connectivity index (χ0v) is 12.3. The fourth-order valence-corrected chi connectivity index (χ4v) is 2.42. The zero-order chi connectivity index (χ0) is 13.7. The van der Waals surface area contributed by atoms with E-state index in [0.29, 0.717) is 12.1 Å². The maximum Gasteiger partial charge on any atom is 0.105 e. The molecule has 1 fully saturated rings. The van der Waals surface area contributed by atoms with Gasteiger partial charge in [0.2, 0.25) is 0 Å². The van der Waals surface area contributed by atoms with Gasteiger partial charge in [-0.1, -0.05) is 13.8 Å². The molecule has 108 valence electrons. The third-order valence-electron chi connectivity index (χ3n) is 3.66. The lowest BCUT2D eigenvalue weighted by Crippen LogP contribution is -2.52. The quantitative estimate of drug-likeness (QED) is 0.830. The van der Waals surface area contributed by atoms with Crippen molar-refractivity contribution < 1.29 is 4.74 Å². The standard InChI is InChI=1S/C14H26N4O/c1-12(2)16-10-14-11-19-9-8-18(14)7-6-17-5-4-15-13(17)3/h4-5,12,14,16H,6-11H2,1-3H3. The van der Waals surface area contributed by atoms with Crippen LogP contribution in [-0.2, 0) is 11.3 Å². The molecule has 1 aromatic heterocycles. The monoisotopic (exact) mass is 266 g/mol. The Morgan fingerprint density at radius 1 is 1.47 bits per heavy atom. The van der Waals surface area contributed by atoms with Gasteiger partial charge in [0.05, 0.1) is 13.2 Å². The molecule has 0 aliphatic carbocycles. The molecule has 19 heavy (non-hydrogen) atoms. The van der Waals surface area contributed by atoms with Crippen LogP contribution >= 0.6 is 0 Å². The number of morpholine rings is 1. The van der Waals surface area contributed by atoms with E-state index in [9.17, 15) is 0 Å². The highest BCUT2D eigenvalue weighted by atomic mass is 16.5.